The lowest BCUT2D eigenvalue weighted by Crippen LogP contribution is -2.56. The largest absolute Gasteiger partial charge is 0.444 e. The second kappa shape index (κ2) is 4.39. The topological polar surface area (TPSA) is 41.6 Å². The monoisotopic (exact) mass is 213 g/mol. The van der Waals surface area contributed by atoms with Gasteiger partial charge >= 0.3 is 6.09 Å². The second-order valence-corrected chi connectivity index (χ2v) is 5.15. The molecule has 0 aromatic heterocycles. The molecule has 0 radical (unpaired) electrons. The van der Waals surface area contributed by atoms with Crippen molar-refractivity contribution in [1.82, 2.24) is 10.2 Å². The van der Waals surface area contributed by atoms with Gasteiger partial charge in [-0.1, -0.05) is 0 Å². The highest BCUT2D eigenvalue weighted by Crippen LogP contribution is 2.12. The fourth-order valence-electron chi connectivity index (χ4n) is 1.65. The zero-order valence-electron chi connectivity index (χ0n) is 10.0. The van der Waals surface area contributed by atoms with Gasteiger partial charge in [-0.15, -0.1) is 6.04 Å². The van der Waals surface area contributed by atoms with Gasteiger partial charge in [-0.2, -0.15) is 0 Å². The van der Waals surface area contributed by atoms with E-state index in [2.05, 4.69) is 12.2 Å². The third kappa shape index (κ3) is 4.08. The number of piperazine rings is 1. The Bertz CT molecular complexity index is 225. The van der Waals surface area contributed by atoms with Gasteiger partial charge in [0.2, 0.25) is 0 Å². The molecule has 2 atom stereocenters. The quantitative estimate of drug-likeness (QED) is 0.619. The molecule has 0 aromatic rings. The van der Waals surface area contributed by atoms with Crippen LogP contribution in [-0.2, 0) is 4.74 Å². The summed E-state index contributed by atoms with van der Waals surface area (Å²) in [5.74, 6) is 0. The van der Waals surface area contributed by atoms with E-state index >= 15 is 0 Å². The molecule has 1 N–H and O–H groups in total. The molecule has 1 fully saturated rings. The van der Waals surface area contributed by atoms with Crippen LogP contribution >= 0.6 is 0 Å². The molecule has 4 nitrogen and oxygen atoms in total. The minimum Gasteiger partial charge on any atom is -0.444 e. The molecule has 2 unspecified atom stereocenters. The number of carbonyl (C=O) groups is 1. The Morgan fingerprint density at radius 2 is 2.07 bits per heavy atom. The summed E-state index contributed by atoms with van der Waals surface area (Å²) in [5.41, 5.74) is -0.429. The molecule has 0 saturated carbocycles. The average molecular weight is 213 g/mol. The van der Waals surface area contributed by atoms with Crippen molar-refractivity contribution in [2.75, 3.05) is 13.1 Å². The summed E-state index contributed by atoms with van der Waals surface area (Å²) in [5, 5.41) is 3.27. The minimum atomic E-state index is -0.429. The van der Waals surface area contributed by atoms with Gasteiger partial charge in [0.25, 0.3) is 0 Å². The molecular formula is C11H21N2O2-. The lowest BCUT2D eigenvalue weighted by molar-refractivity contribution is 0.0176. The van der Waals surface area contributed by atoms with Crippen LogP contribution in [-0.4, -0.2) is 41.8 Å². The first kappa shape index (κ1) is 12.3. The van der Waals surface area contributed by atoms with Gasteiger partial charge in [0.1, 0.15) is 5.60 Å². The number of amides is 1. The number of hydrogen-bond acceptors (Lipinski definition) is 3. The van der Waals surface area contributed by atoms with Crippen molar-refractivity contribution < 1.29 is 9.53 Å². The highest BCUT2D eigenvalue weighted by atomic mass is 16.6. The van der Waals surface area contributed by atoms with Crippen LogP contribution < -0.4 is 5.32 Å². The zero-order chi connectivity index (χ0) is 11.6. The highest BCUT2D eigenvalue weighted by molar-refractivity contribution is 5.68. The normalized spacial score (nSPS) is 27.7. The summed E-state index contributed by atoms with van der Waals surface area (Å²) in [4.78, 5) is 13.5. The van der Waals surface area contributed by atoms with E-state index in [1.807, 2.05) is 27.7 Å². The average Bonchev–Trinajstić information content (AvgIpc) is 1.98. The number of ether oxygens (including phenoxy) is 1. The zero-order valence-corrected chi connectivity index (χ0v) is 10.0. The van der Waals surface area contributed by atoms with Crippen molar-refractivity contribution >= 4 is 6.09 Å². The van der Waals surface area contributed by atoms with E-state index in [0.29, 0.717) is 13.1 Å². The molecule has 1 amide bonds. The summed E-state index contributed by atoms with van der Waals surface area (Å²) < 4.78 is 5.31. The van der Waals surface area contributed by atoms with E-state index in [1.54, 1.807) is 4.90 Å². The van der Waals surface area contributed by atoms with Gasteiger partial charge < -0.3 is 21.9 Å². The van der Waals surface area contributed by atoms with Gasteiger partial charge in [0.05, 0.1) is 0 Å². The Morgan fingerprint density at radius 3 is 2.53 bits per heavy atom. The SMILES string of the molecule is [CH2-]C1CN(C(=O)OC(C)(C)C)CC(C)N1. The molecular weight excluding hydrogens is 192 g/mol. The van der Waals surface area contributed by atoms with E-state index in [0.717, 1.165) is 0 Å². The van der Waals surface area contributed by atoms with Gasteiger partial charge in [-0.05, 0) is 27.7 Å². The van der Waals surface area contributed by atoms with Gasteiger partial charge in [-0.25, -0.2) is 4.79 Å². The number of nitrogens with one attached hydrogen (secondary N) is 1. The number of rotatable bonds is 0. The van der Waals surface area contributed by atoms with Crippen LogP contribution in [0.15, 0.2) is 0 Å². The Morgan fingerprint density at radius 1 is 1.47 bits per heavy atom. The summed E-state index contributed by atoms with van der Waals surface area (Å²) >= 11 is 0. The van der Waals surface area contributed by atoms with E-state index in [1.165, 1.54) is 0 Å². The Labute approximate surface area is 92.0 Å². The third-order valence-corrected chi connectivity index (χ3v) is 2.11. The summed E-state index contributed by atoms with van der Waals surface area (Å²) in [6.45, 7) is 12.9. The molecule has 1 aliphatic rings. The van der Waals surface area contributed by atoms with Crippen molar-refractivity contribution in [2.45, 2.75) is 45.4 Å². The smallest absolute Gasteiger partial charge is 0.410 e. The van der Waals surface area contributed by atoms with Gasteiger partial charge in [0, 0.05) is 19.1 Å². The number of carbonyl (C=O) groups excluding carboxylic acids is 1. The van der Waals surface area contributed by atoms with Crippen molar-refractivity contribution in [3.05, 3.63) is 6.92 Å². The van der Waals surface area contributed by atoms with Crippen LogP contribution in [0.5, 0.6) is 0 Å². The minimum absolute atomic E-state index is 0.0845. The number of nitrogens with zero attached hydrogens (tertiary/aromatic N) is 1. The fourth-order valence-corrected chi connectivity index (χ4v) is 1.65. The van der Waals surface area contributed by atoms with Crippen molar-refractivity contribution in [3.8, 4) is 0 Å². The van der Waals surface area contributed by atoms with E-state index in [4.69, 9.17) is 4.74 Å². The second-order valence-electron chi connectivity index (χ2n) is 5.15. The predicted molar refractivity (Wildman–Crippen MR) is 59.5 cm³/mol. The lowest BCUT2D eigenvalue weighted by atomic mass is 10.1. The summed E-state index contributed by atoms with van der Waals surface area (Å²) in [7, 11) is 0. The third-order valence-electron chi connectivity index (χ3n) is 2.11. The standard InChI is InChI=1S/C11H21N2O2/c1-8-6-13(7-9(2)12-8)10(14)15-11(3,4)5/h8-9,12H,1,6-7H2,2-5H3/q-1. The highest BCUT2D eigenvalue weighted by Gasteiger charge is 2.26. The van der Waals surface area contributed by atoms with Crippen LogP contribution in [0, 0.1) is 6.92 Å². The molecule has 4 heteroatoms. The van der Waals surface area contributed by atoms with Gasteiger partial charge in [0.15, 0.2) is 0 Å². The maximum atomic E-state index is 11.8. The first-order valence-corrected chi connectivity index (χ1v) is 5.35. The predicted octanol–water partition coefficient (Wildman–Crippen LogP) is 1.42. The first-order chi connectivity index (χ1) is 6.78. The van der Waals surface area contributed by atoms with Crippen molar-refractivity contribution in [2.24, 2.45) is 0 Å². The fraction of sp³-hybridized carbons (Fsp3) is 0.818. The van der Waals surface area contributed by atoms with Crippen molar-refractivity contribution in [1.29, 1.82) is 0 Å². The van der Waals surface area contributed by atoms with Crippen LogP contribution in [0.4, 0.5) is 4.79 Å². The summed E-state index contributed by atoms with van der Waals surface area (Å²) in [6.07, 6.45) is -0.246. The molecule has 1 rings (SSSR count). The molecule has 0 bridgehead atoms. The van der Waals surface area contributed by atoms with Crippen LogP contribution in [0.1, 0.15) is 27.7 Å². The van der Waals surface area contributed by atoms with E-state index < -0.39 is 5.60 Å². The number of hydrogen-bond donors (Lipinski definition) is 1. The molecule has 1 heterocycles. The maximum Gasteiger partial charge on any atom is 0.410 e. The maximum absolute atomic E-state index is 11.8. The Kier molecular flexibility index (Phi) is 3.60. The van der Waals surface area contributed by atoms with Crippen molar-refractivity contribution in [3.63, 3.8) is 0 Å². The molecule has 0 aliphatic carbocycles. The van der Waals surface area contributed by atoms with Gasteiger partial charge in [-0.3, -0.25) is 0 Å². The lowest BCUT2D eigenvalue weighted by Gasteiger charge is -2.39. The molecule has 0 spiro atoms. The Hall–Kier alpha value is -0.770. The molecule has 88 valence electrons. The van der Waals surface area contributed by atoms with E-state index in [9.17, 15) is 4.79 Å². The van der Waals surface area contributed by atoms with Crippen LogP contribution in [0.3, 0.4) is 0 Å². The molecule has 1 saturated heterocycles. The molecule has 1 aliphatic heterocycles. The summed E-state index contributed by atoms with van der Waals surface area (Å²) in [6, 6.07) is 0.357. The molecule has 0 aromatic carbocycles. The Balaban J connectivity index is 2.52. The molecule has 15 heavy (non-hydrogen) atoms. The van der Waals surface area contributed by atoms with Crippen LogP contribution in [0.25, 0.3) is 0 Å². The van der Waals surface area contributed by atoms with E-state index in [-0.39, 0.29) is 18.2 Å². The van der Waals surface area contributed by atoms with Crippen LogP contribution in [0.2, 0.25) is 0 Å². The first-order valence-electron chi connectivity index (χ1n) is 5.35.